The number of hydrogen-bond acceptors (Lipinski definition) is 2. The third kappa shape index (κ3) is 2.02. The Labute approximate surface area is 87.7 Å². The van der Waals surface area contributed by atoms with Gasteiger partial charge in [-0.2, -0.15) is 13.2 Å². The monoisotopic (exact) mass is 232 g/mol. The Balaban J connectivity index is 2.62. The largest absolute Gasteiger partial charge is 0.451 e. The van der Waals surface area contributed by atoms with Crippen molar-refractivity contribution in [3.8, 4) is 0 Å². The van der Waals surface area contributed by atoms with Crippen LogP contribution in [0.2, 0.25) is 5.02 Å². The molecule has 1 heterocycles. The van der Waals surface area contributed by atoms with Gasteiger partial charge in [-0.25, -0.2) is 9.97 Å². The molecule has 2 nitrogen and oxygen atoms in total. The molecule has 0 saturated carbocycles. The highest BCUT2D eigenvalue weighted by Crippen LogP contribution is 2.27. The second-order valence-electron chi connectivity index (χ2n) is 2.89. The standard InChI is InChI=1S/C9H4ClF3N2/c10-6-1-2-7-5(3-6)4-14-8(15-7)9(11,12)13/h1-4H. The van der Waals surface area contributed by atoms with Crippen molar-refractivity contribution in [1.82, 2.24) is 9.97 Å². The molecule has 0 N–H and O–H groups in total. The Kier molecular flexibility index (Phi) is 2.26. The lowest BCUT2D eigenvalue weighted by atomic mass is 10.2. The minimum Gasteiger partial charge on any atom is -0.232 e. The predicted octanol–water partition coefficient (Wildman–Crippen LogP) is 3.30. The first-order chi connectivity index (χ1) is 6.97. The number of aromatic nitrogens is 2. The fourth-order valence-electron chi connectivity index (χ4n) is 1.14. The molecule has 0 aliphatic rings. The first kappa shape index (κ1) is 10.2. The highest BCUT2D eigenvalue weighted by Gasteiger charge is 2.34. The van der Waals surface area contributed by atoms with Crippen molar-refractivity contribution in [2.45, 2.75) is 6.18 Å². The predicted molar refractivity (Wildman–Crippen MR) is 49.6 cm³/mol. The van der Waals surface area contributed by atoms with Crippen molar-refractivity contribution in [2.24, 2.45) is 0 Å². The zero-order valence-corrected chi connectivity index (χ0v) is 7.97. The molecule has 6 heteroatoms. The maximum Gasteiger partial charge on any atom is 0.451 e. The molecule has 0 amide bonds. The van der Waals surface area contributed by atoms with E-state index in [0.29, 0.717) is 10.4 Å². The minimum absolute atomic E-state index is 0.224. The molecule has 0 spiro atoms. The van der Waals surface area contributed by atoms with Crippen molar-refractivity contribution in [2.75, 3.05) is 0 Å². The van der Waals surface area contributed by atoms with Crippen LogP contribution in [0.5, 0.6) is 0 Å². The summed E-state index contributed by atoms with van der Waals surface area (Å²) in [4.78, 5) is 6.62. The van der Waals surface area contributed by atoms with Crippen LogP contribution in [-0.2, 0) is 6.18 Å². The second kappa shape index (κ2) is 3.34. The molecule has 15 heavy (non-hydrogen) atoms. The van der Waals surface area contributed by atoms with Crippen LogP contribution in [0, 0.1) is 0 Å². The van der Waals surface area contributed by atoms with Crippen LogP contribution < -0.4 is 0 Å². The topological polar surface area (TPSA) is 25.8 Å². The van der Waals surface area contributed by atoms with Gasteiger partial charge in [0.25, 0.3) is 0 Å². The molecule has 0 aliphatic carbocycles. The third-order valence-electron chi connectivity index (χ3n) is 1.80. The van der Waals surface area contributed by atoms with Gasteiger partial charge in [-0.3, -0.25) is 0 Å². The van der Waals surface area contributed by atoms with Crippen molar-refractivity contribution < 1.29 is 13.2 Å². The van der Waals surface area contributed by atoms with Crippen LogP contribution in [0.3, 0.4) is 0 Å². The average molecular weight is 233 g/mol. The number of hydrogen-bond donors (Lipinski definition) is 0. The summed E-state index contributed by atoms with van der Waals surface area (Å²) in [6, 6.07) is 4.42. The van der Waals surface area contributed by atoms with E-state index in [1.165, 1.54) is 18.2 Å². The van der Waals surface area contributed by atoms with E-state index in [9.17, 15) is 13.2 Å². The summed E-state index contributed by atoms with van der Waals surface area (Å²) in [5.74, 6) is -1.14. The van der Waals surface area contributed by atoms with Crippen LogP contribution in [0.25, 0.3) is 10.9 Å². The van der Waals surface area contributed by atoms with Crippen LogP contribution in [0.4, 0.5) is 13.2 Å². The lowest BCUT2D eigenvalue weighted by molar-refractivity contribution is -0.144. The normalized spacial score (nSPS) is 12.0. The van der Waals surface area contributed by atoms with Gasteiger partial charge in [0.05, 0.1) is 5.52 Å². The Hall–Kier alpha value is -1.36. The molecule has 0 fully saturated rings. The Bertz CT molecular complexity index is 510. The maximum absolute atomic E-state index is 12.2. The molecule has 2 rings (SSSR count). The van der Waals surface area contributed by atoms with Gasteiger partial charge < -0.3 is 0 Å². The molecule has 78 valence electrons. The number of nitrogens with zero attached hydrogens (tertiary/aromatic N) is 2. The summed E-state index contributed by atoms with van der Waals surface area (Å²) in [6.07, 6.45) is -3.41. The number of fused-ring (bicyclic) bond motifs is 1. The van der Waals surface area contributed by atoms with Gasteiger partial charge in [0.15, 0.2) is 0 Å². The summed E-state index contributed by atoms with van der Waals surface area (Å²) in [6.45, 7) is 0. The summed E-state index contributed by atoms with van der Waals surface area (Å²) in [7, 11) is 0. The van der Waals surface area contributed by atoms with E-state index in [0.717, 1.165) is 6.20 Å². The zero-order valence-electron chi connectivity index (χ0n) is 7.22. The van der Waals surface area contributed by atoms with E-state index in [4.69, 9.17) is 11.6 Å². The van der Waals surface area contributed by atoms with Gasteiger partial charge in [-0.15, -0.1) is 0 Å². The third-order valence-corrected chi connectivity index (χ3v) is 2.03. The van der Waals surface area contributed by atoms with Crippen molar-refractivity contribution in [3.63, 3.8) is 0 Å². The fourth-order valence-corrected chi connectivity index (χ4v) is 1.32. The van der Waals surface area contributed by atoms with Gasteiger partial charge in [0.2, 0.25) is 5.82 Å². The Morgan fingerprint density at radius 3 is 2.60 bits per heavy atom. The van der Waals surface area contributed by atoms with E-state index < -0.39 is 12.0 Å². The van der Waals surface area contributed by atoms with E-state index in [2.05, 4.69) is 9.97 Å². The zero-order chi connectivity index (χ0) is 11.1. The molecular formula is C9H4ClF3N2. The van der Waals surface area contributed by atoms with E-state index in [1.807, 2.05) is 0 Å². The SMILES string of the molecule is FC(F)(F)c1ncc2cc(Cl)ccc2n1. The highest BCUT2D eigenvalue weighted by atomic mass is 35.5. The van der Waals surface area contributed by atoms with Crippen molar-refractivity contribution in [1.29, 1.82) is 0 Å². The van der Waals surface area contributed by atoms with Gasteiger partial charge in [0, 0.05) is 16.6 Å². The molecular weight excluding hydrogens is 229 g/mol. The first-order valence-corrected chi connectivity index (χ1v) is 4.34. The lowest BCUT2D eigenvalue weighted by Gasteiger charge is -2.05. The molecule has 0 radical (unpaired) electrons. The summed E-state index contributed by atoms with van der Waals surface area (Å²) in [5, 5.41) is 0.918. The Morgan fingerprint density at radius 2 is 1.93 bits per heavy atom. The minimum atomic E-state index is -4.52. The van der Waals surface area contributed by atoms with Gasteiger partial charge >= 0.3 is 6.18 Å². The molecule has 0 saturated heterocycles. The van der Waals surface area contributed by atoms with Crippen LogP contribution in [-0.4, -0.2) is 9.97 Å². The summed E-state index contributed by atoms with van der Waals surface area (Å²) < 4.78 is 36.7. The van der Waals surface area contributed by atoms with E-state index in [1.54, 1.807) is 0 Å². The van der Waals surface area contributed by atoms with Crippen LogP contribution >= 0.6 is 11.6 Å². The van der Waals surface area contributed by atoms with Crippen molar-refractivity contribution in [3.05, 3.63) is 35.2 Å². The van der Waals surface area contributed by atoms with Gasteiger partial charge in [0.1, 0.15) is 0 Å². The summed E-state index contributed by atoms with van der Waals surface area (Å²) in [5.41, 5.74) is 0.224. The number of halogens is 4. The van der Waals surface area contributed by atoms with E-state index in [-0.39, 0.29) is 5.52 Å². The molecule has 0 atom stereocenters. The molecule has 1 aromatic carbocycles. The Morgan fingerprint density at radius 1 is 1.20 bits per heavy atom. The van der Waals surface area contributed by atoms with Gasteiger partial charge in [-0.1, -0.05) is 11.6 Å². The summed E-state index contributed by atoms with van der Waals surface area (Å²) >= 11 is 5.67. The van der Waals surface area contributed by atoms with Gasteiger partial charge in [-0.05, 0) is 18.2 Å². The lowest BCUT2D eigenvalue weighted by Crippen LogP contribution is -2.10. The fraction of sp³-hybridized carbons (Fsp3) is 0.111. The number of alkyl halides is 3. The molecule has 0 aliphatic heterocycles. The first-order valence-electron chi connectivity index (χ1n) is 3.96. The molecule has 0 unspecified atom stereocenters. The van der Waals surface area contributed by atoms with Crippen LogP contribution in [0.15, 0.2) is 24.4 Å². The number of benzene rings is 1. The second-order valence-corrected chi connectivity index (χ2v) is 3.33. The average Bonchev–Trinajstić information content (AvgIpc) is 2.15. The van der Waals surface area contributed by atoms with Crippen LogP contribution in [0.1, 0.15) is 5.82 Å². The quantitative estimate of drug-likeness (QED) is 0.696. The molecule has 2 aromatic rings. The smallest absolute Gasteiger partial charge is 0.232 e. The molecule has 1 aromatic heterocycles. The molecule has 0 bridgehead atoms. The number of rotatable bonds is 0. The highest BCUT2D eigenvalue weighted by molar-refractivity contribution is 6.31. The van der Waals surface area contributed by atoms with Crippen molar-refractivity contribution >= 4 is 22.5 Å². The van der Waals surface area contributed by atoms with E-state index >= 15 is 0 Å². The maximum atomic E-state index is 12.2.